The van der Waals surface area contributed by atoms with Crippen molar-refractivity contribution in [2.45, 2.75) is 6.16 Å². The minimum atomic E-state index is -2.15. The van der Waals surface area contributed by atoms with E-state index in [4.69, 9.17) is 10.2 Å². The quantitative estimate of drug-likeness (QED) is 0.542. The van der Waals surface area contributed by atoms with Crippen LogP contribution in [0.2, 0.25) is 0 Å². The lowest BCUT2D eigenvalue weighted by molar-refractivity contribution is -0.140. The first-order valence-corrected chi connectivity index (χ1v) is 7.02. The molecule has 1 aromatic rings. The Morgan fingerprint density at radius 2 is 1.57 bits per heavy atom. The molecule has 0 aliphatic heterocycles. The predicted octanol–water partition coefficient (Wildman–Crippen LogP) is 1.27. The molecule has 2 N–H and O–H groups in total. The van der Waals surface area contributed by atoms with Gasteiger partial charge in [0, 0.05) is 5.56 Å². The third-order valence-electron chi connectivity index (χ3n) is 2.16. The molecule has 0 aliphatic carbocycles. The normalized spacial score (nSPS) is 10.8. The Kier molecular flexibility index (Phi) is 6.45. The van der Waals surface area contributed by atoms with Gasteiger partial charge in [-0.15, -0.1) is 4.52 Å². The number of ether oxygens (including phenoxy) is 1. The van der Waals surface area contributed by atoms with E-state index in [2.05, 4.69) is 9.26 Å². The largest absolute Gasteiger partial charge is 0.513 e. The van der Waals surface area contributed by atoms with Gasteiger partial charge in [0.05, 0.1) is 5.56 Å². The molecule has 0 saturated carbocycles. The third-order valence-corrected chi connectivity index (χ3v) is 3.20. The zero-order valence-electron chi connectivity index (χ0n) is 10.7. The molecule has 9 heteroatoms. The molecule has 1 unspecified atom stereocenters. The number of benzene rings is 1. The molecular weight excluding hydrogens is 303 g/mol. The molecule has 0 radical (unpaired) electrons. The summed E-state index contributed by atoms with van der Waals surface area (Å²) < 4.78 is 20.5. The number of hydrogen-bond acceptors (Lipinski definition) is 6. The van der Waals surface area contributed by atoms with Gasteiger partial charge in [-0.25, -0.2) is 14.4 Å². The van der Waals surface area contributed by atoms with Gasteiger partial charge in [0.1, 0.15) is 0 Å². The second kappa shape index (κ2) is 8.08. The van der Waals surface area contributed by atoms with Crippen molar-refractivity contribution in [1.82, 2.24) is 0 Å². The van der Waals surface area contributed by atoms with E-state index in [0.717, 1.165) is 0 Å². The van der Waals surface area contributed by atoms with Gasteiger partial charge < -0.3 is 14.9 Å². The molecule has 21 heavy (non-hydrogen) atoms. The first kappa shape index (κ1) is 16.7. The van der Waals surface area contributed by atoms with Crippen molar-refractivity contribution in [3.63, 3.8) is 0 Å². The summed E-state index contributed by atoms with van der Waals surface area (Å²) >= 11 is 0. The van der Waals surface area contributed by atoms with Crippen molar-refractivity contribution in [1.29, 1.82) is 0 Å². The maximum Gasteiger partial charge on any atom is 0.513 e. The minimum Gasteiger partial charge on any atom is -0.479 e. The average molecular weight is 315 g/mol. The number of carbonyl (C=O) groups excluding carboxylic acids is 1. The van der Waals surface area contributed by atoms with Crippen molar-refractivity contribution >= 4 is 25.9 Å². The van der Waals surface area contributed by atoms with Crippen LogP contribution in [0, 0.1) is 0 Å². The molecule has 1 aromatic carbocycles. The maximum absolute atomic E-state index is 11.4. The Morgan fingerprint density at radius 1 is 1.00 bits per heavy atom. The van der Waals surface area contributed by atoms with E-state index in [1.54, 1.807) is 0 Å². The van der Waals surface area contributed by atoms with E-state index < -0.39 is 39.1 Å². The van der Waals surface area contributed by atoms with Crippen LogP contribution in [0.25, 0.3) is 0 Å². The van der Waals surface area contributed by atoms with E-state index in [9.17, 15) is 18.9 Å². The smallest absolute Gasteiger partial charge is 0.479 e. The molecule has 0 fully saturated rings. The van der Waals surface area contributed by atoms with E-state index in [-0.39, 0.29) is 11.7 Å². The van der Waals surface area contributed by atoms with E-state index >= 15 is 0 Å². The summed E-state index contributed by atoms with van der Waals surface area (Å²) in [5, 5.41) is 16.7. The van der Waals surface area contributed by atoms with Gasteiger partial charge >= 0.3 is 25.9 Å². The van der Waals surface area contributed by atoms with Gasteiger partial charge in [0.25, 0.3) is 0 Å². The van der Waals surface area contributed by atoms with Gasteiger partial charge in [-0.1, -0.05) is 12.1 Å². The first-order valence-electron chi connectivity index (χ1n) is 5.65. The zero-order valence-corrected chi connectivity index (χ0v) is 11.6. The van der Waals surface area contributed by atoms with Crippen LogP contribution in [0.1, 0.15) is 15.9 Å². The molecule has 112 valence electrons. The highest BCUT2D eigenvalue weighted by Gasteiger charge is 2.20. The second-order valence-corrected chi connectivity index (χ2v) is 5.06. The minimum absolute atomic E-state index is 0.00701. The van der Waals surface area contributed by atoms with Gasteiger partial charge in [-0.05, 0) is 16.7 Å². The average Bonchev–Trinajstić information content (AvgIpc) is 2.43. The lowest BCUT2D eigenvalue weighted by Crippen LogP contribution is -2.13. The zero-order chi connectivity index (χ0) is 15.8. The maximum atomic E-state index is 11.4. The molecular formula is C12H12O8P+. The number of carboxylic acid groups (broad SMARTS) is 2. The fraction of sp³-hybridized carbons (Fsp3) is 0.250. The van der Waals surface area contributed by atoms with E-state index in [1.165, 1.54) is 24.3 Å². The Labute approximate surface area is 120 Å². The lowest BCUT2D eigenvalue weighted by Gasteiger charge is -2.01. The molecule has 0 heterocycles. The number of esters is 1. The summed E-state index contributed by atoms with van der Waals surface area (Å²) in [7, 11) is -2.15. The van der Waals surface area contributed by atoms with Crippen molar-refractivity contribution in [3.8, 4) is 0 Å². The lowest BCUT2D eigenvalue weighted by atomic mass is 10.1. The summed E-state index contributed by atoms with van der Waals surface area (Å²) in [6.07, 6.45) is 0.00701. The van der Waals surface area contributed by atoms with Gasteiger partial charge in [-0.2, -0.15) is 0 Å². The van der Waals surface area contributed by atoms with Crippen molar-refractivity contribution < 1.29 is 38.4 Å². The van der Waals surface area contributed by atoms with Crippen LogP contribution < -0.4 is 0 Å². The predicted molar refractivity (Wildman–Crippen MR) is 69.3 cm³/mol. The molecule has 0 aliphatic rings. The highest BCUT2D eigenvalue weighted by atomic mass is 31.1. The van der Waals surface area contributed by atoms with Crippen LogP contribution in [0.5, 0.6) is 0 Å². The van der Waals surface area contributed by atoms with E-state index in [1.807, 2.05) is 0 Å². The van der Waals surface area contributed by atoms with Crippen molar-refractivity contribution in [3.05, 3.63) is 35.4 Å². The van der Waals surface area contributed by atoms with Crippen LogP contribution in [-0.2, 0) is 29.6 Å². The Bertz CT molecular complexity index is 551. The molecule has 8 nitrogen and oxygen atoms in total. The summed E-state index contributed by atoms with van der Waals surface area (Å²) in [6, 6.07) is 5.77. The van der Waals surface area contributed by atoms with Gasteiger partial charge in [-0.3, -0.25) is 0 Å². The highest BCUT2D eigenvalue weighted by Crippen LogP contribution is 2.27. The van der Waals surface area contributed by atoms with Crippen LogP contribution in [0.15, 0.2) is 24.3 Å². The second-order valence-electron chi connectivity index (χ2n) is 3.82. The Balaban J connectivity index is 2.53. The highest BCUT2D eigenvalue weighted by molar-refractivity contribution is 7.38. The van der Waals surface area contributed by atoms with Crippen LogP contribution in [0.4, 0.5) is 0 Å². The summed E-state index contributed by atoms with van der Waals surface area (Å²) in [6.45, 7) is -1.37. The summed E-state index contributed by atoms with van der Waals surface area (Å²) in [4.78, 5) is 31.9. The molecule has 1 rings (SSSR count). The number of aliphatic carboxylic acids is 2. The summed E-state index contributed by atoms with van der Waals surface area (Å²) in [5.41, 5.74) is 0.734. The fourth-order valence-corrected chi connectivity index (χ4v) is 2.13. The molecule has 0 amide bonds. The Morgan fingerprint density at radius 3 is 2.10 bits per heavy atom. The SMILES string of the molecule is O=C(O)COC(=O)c1ccc(C[P+](=O)OCC(=O)O)cc1. The number of carboxylic acids is 2. The van der Waals surface area contributed by atoms with Crippen LogP contribution in [-0.4, -0.2) is 41.3 Å². The topological polar surface area (TPSA) is 127 Å². The van der Waals surface area contributed by atoms with Gasteiger partial charge in [0.2, 0.25) is 6.16 Å². The Hall–Kier alpha value is -2.31. The number of carbonyl (C=O) groups is 3. The first-order chi connectivity index (χ1) is 9.88. The van der Waals surface area contributed by atoms with Gasteiger partial charge in [0.15, 0.2) is 13.2 Å². The molecule has 0 bridgehead atoms. The molecule has 0 spiro atoms. The standard InChI is InChI=1S/C12H11O8P/c13-10(14)5-19-12(17)9-3-1-8(2-4-9)7-21(18)20-6-11(15)16/h1-4H,5-7H2,(H-,13,14,15,16)/p+1. The van der Waals surface area contributed by atoms with Crippen molar-refractivity contribution in [2.75, 3.05) is 13.2 Å². The molecule has 1 atom stereocenters. The van der Waals surface area contributed by atoms with Crippen LogP contribution in [0.3, 0.4) is 0 Å². The summed E-state index contributed by atoms with van der Waals surface area (Å²) in [5.74, 6) is -3.25. The van der Waals surface area contributed by atoms with Crippen molar-refractivity contribution in [2.24, 2.45) is 0 Å². The monoisotopic (exact) mass is 315 g/mol. The third kappa shape index (κ3) is 6.60. The van der Waals surface area contributed by atoms with Crippen LogP contribution >= 0.6 is 8.03 Å². The molecule has 0 saturated heterocycles. The fourth-order valence-electron chi connectivity index (χ4n) is 1.28. The van der Waals surface area contributed by atoms with E-state index in [0.29, 0.717) is 5.56 Å². The number of hydrogen-bond donors (Lipinski definition) is 2. The number of rotatable bonds is 8. The molecule has 0 aromatic heterocycles.